The molecule has 1 N–H and O–H groups in total. The lowest BCUT2D eigenvalue weighted by Gasteiger charge is -2.17. The van der Waals surface area contributed by atoms with E-state index in [1.807, 2.05) is 26.8 Å². The van der Waals surface area contributed by atoms with Crippen LogP contribution in [0, 0.1) is 12.8 Å². The second-order valence-corrected chi connectivity index (χ2v) is 7.54. The number of ether oxygens (including phenoxy) is 1. The van der Waals surface area contributed by atoms with Crippen molar-refractivity contribution in [2.75, 3.05) is 19.0 Å². The Morgan fingerprint density at radius 3 is 2.36 bits per heavy atom. The quantitative estimate of drug-likeness (QED) is 0.727. The molecule has 2 aromatic carbocycles. The maximum atomic E-state index is 13.1. The molecule has 0 atom stereocenters. The van der Waals surface area contributed by atoms with Gasteiger partial charge in [-0.3, -0.25) is 14.5 Å². The summed E-state index contributed by atoms with van der Waals surface area (Å²) in [6.07, 6.45) is 0. The molecule has 1 heterocycles. The Hall–Kier alpha value is -2.79. The van der Waals surface area contributed by atoms with Gasteiger partial charge >= 0.3 is 0 Å². The molecule has 0 fully saturated rings. The SMILES string of the molecule is COc1ccc(C2=C(Nc3cccc(Cl)c3C)C(=O)N(CC(C)C)C2=O)cc1. The summed E-state index contributed by atoms with van der Waals surface area (Å²) in [5, 5.41) is 3.75. The average Bonchev–Trinajstić information content (AvgIpc) is 2.89. The summed E-state index contributed by atoms with van der Waals surface area (Å²) in [4.78, 5) is 27.5. The Morgan fingerprint density at radius 2 is 1.75 bits per heavy atom. The van der Waals surface area contributed by atoms with Crippen LogP contribution in [0.2, 0.25) is 5.02 Å². The van der Waals surface area contributed by atoms with E-state index in [-0.39, 0.29) is 23.4 Å². The van der Waals surface area contributed by atoms with Crippen molar-refractivity contribution in [1.29, 1.82) is 0 Å². The highest BCUT2D eigenvalue weighted by Crippen LogP contribution is 2.33. The van der Waals surface area contributed by atoms with Crippen molar-refractivity contribution in [3.63, 3.8) is 0 Å². The minimum atomic E-state index is -0.330. The van der Waals surface area contributed by atoms with Gasteiger partial charge in [0.15, 0.2) is 0 Å². The smallest absolute Gasteiger partial charge is 0.278 e. The van der Waals surface area contributed by atoms with Crippen LogP contribution in [0.25, 0.3) is 5.57 Å². The van der Waals surface area contributed by atoms with Crippen LogP contribution in [-0.2, 0) is 9.59 Å². The van der Waals surface area contributed by atoms with Gasteiger partial charge in [0.25, 0.3) is 11.8 Å². The molecule has 1 aliphatic heterocycles. The first-order valence-electron chi connectivity index (χ1n) is 9.10. The maximum Gasteiger partial charge on any atom is 0.278 e. The van der Waals surface area contributed by atoms with Gasteiger partial charge in [0.2, 0.25) is 0 Å². The number of anilines is 1. The van der Waals surface area contributed by atoms with E-state index in [4.69, 9.17) is 16.3 Å². The van der Waals surface area contributed by atoms with Gasteiger partial charge in [-0.05, 0) is 48.2 Å². The molecule has 6 heteroatoms. The maximum absolute atomic E-state index is 13.1. The summed E-state index contributed by atoms with van der Waals surface area (Å²) in [5.41, 5.74) is 2.79. The zero-order chi connectivity index (χ0) is 20.4. The van der Waals surface area contributed by atoms with Gasteiger partial charge in [-0.1, -0.05) is 43.6 Å². The van der Waals surface area contributed by atoms with Crippen LogP contribution in [0.4, 0.5) is 5.69 Å². The second-order valence-electron chi connectivity index (χ2n) is 7.13. The highest BCUT2D eigenvalue weighted by Gasteiger charge is 2.39. The molecule has 2 amide bonds. The fraction of sp³-hybridized carbons (Fsp3) is 0.273. The van der Waals surface area contributed by atoms with Gasteiger partial charge in [0, 0.05) is 17.3 Å². The Bertz CT molecular complexity index is 949. The third-order valence-corrected chi connectivity index (χ3v) is 5.03. The zero-order valence-corrected chi connectivity index (χ0v) is 17.1. The third-order valence-electron chi connectivity index (χ3n) is 4.62. The van der Waals surface area contributed by atoms with Crippen LogP contribution in [0.3, 0.4) is 0 Å². The standard InChI is InChI=1S/C22H23ClN2O3/c1-13(2)12-25-21(26)19(15-8-10-16(28-4)11-9-15)20(22(25)27)24-18-7-5-6-17(23)14(18)3/h5-11,13,24H,12H2,1-4H3. The van der Waals surface area contributed by atoms with Crippen LogP contribution in [0.5, 0.6) is 5.75 Å². The fourth-order valence-electron chi connectivity index (χ4n) is 3.13. The molecule has 1 aliphatic rings. The summed E-state index contributed by atoms with van der Waals surface area (Å²) in [6, 6.07) is 12.5. The lowest BCUT2D eigenvalue weighted by Crippen LogP contribution is -2.35. The van der Waals surface area contributed by atoms with E-state index in [0.29, 0.717) is 34.1 Å². The molecular weight excluding hydrogens is 376 g/mol. The summed E-state index contributed by atoms with van der Waals surface area (Å²) in [6.45, 7) is 6.17. The molecule has 5 nitrogen and oxygen atoms in total. The van der Waals surface area contributed by atoms with Crippen molar-refractivity contribution >= 4 is 34.7 Å². The van der Waals surface area contributed by atoms with Crippen LogP contribution in [-0.4, -0.2) is 30.4 Å². The predicted molar refractivity (Wildman–Crippen MR) is 111 cm³/mol. The molecule has 0 spiro atoms. The minimum absolute atomic E-state index is 0.164. The molecule has 0 aromatic heterocycles. The van der Waals surface area contributed by atoms with E-state index < -0.39 is 0 Å². The van der Waals surface area contributed by atoms with Gasteiger partial charge < -0.3 is 10.1 Å². The van der Waals surface area contributed by atoms with Gasteiger partial charge in [0.05, 0.1) is 12.7 Å². The molecule has 0 radical (unpaired) electrons. The van der Waals surface area contributed by atoms with Crippen molar-refractivity contribution in [1.82, 2.24) is 4.90 Å². The number of benzene rings is 2. The molecule has 146 valence electrons. The number of carbonyl (C=O) groups excluding carboxylic acids is 2. The number of nitrogens with one attached hydrogen (secondary N) is 1. The number of nitrogens with zero attached hydrogens (tertiary/aromatic N) is 1. The van der Waals surface area contributed by atoms with Crippen molar-refractivity contribution in [2.45, 2.75) is 20.8 Å². The first-order valence-corrected chi connectivity index (χ1v) is 9.48. The number of methoxy groups -OCH3 is 1. The van der Waals surface area contributed by atoms with E-state index in [0.717, 1.165) is 5.56 Å². The van der Waals surface area contributed by atoms with Gasteiger partial charge in [0.1, 0.15) is 11.4 Å². The lowest BCUT2D eigenvalue weighted by atomic mass is 10.0. The summed E-state index contributed by atoms with van der Waals surface area (Å²) >= 11 is 6.22. The number of halogens is 1. The lowest BCUT2D eigenvalue weighted by molar-refractivity contribution is -0.137. The van der Waals surface area contributed by atoms with Gasteiger partial charge in [-0.15, -0.1) is 0 Å². The molecule has 28 heavy (non-hydrogen) atoms. The largest absolute Gasteiger partial charge is 0.497 e. The summed E-state index contributed by atoms with van der Waals surface area (Å²) in [5.74, 6) is 0.215. The molecule has 0 aliphatic carbocycles. The molecule has 2 aromatic rings. The second kappa shape index (κ2) is 8.07. The first-order chi connectivity index (χ1) is 13.3. The van der Waals surface area contributed by atoms with Crippen molar-refractivity contribution in [3.8, 4) is 5.75 Å². The van der Waals surface area contributed by atoms with Crippen molar-refractivity contribution < 1.29 is 14.3 Å². The number of carbonyl (C=O) groups is 2. The van der Waals surface area contributed by atoms with Crippen molar-refractivity contribution in [2.24, 2.45) is 5.92 Å². The molecule has 3 rings (SSSR count). The van der Waals surface area contributed by atoms with Crippen molar-refractivity contribution in [3.05, 3.63) is 64.3 Å². The minimum Gasteiger partial charge on any atom is -0.497 e. The van der Waals surface area contributed by atoms with Crippen LogP contribution in [0.1, 0.15) is 25.0 Å². The summed E-state index contributed by atoms with van der Waals surface area (Å²) in [7, 11) is 1.58. The highest BCUT2D eigenvalue weighted by atomic mass is 35.5. The normalized spacial score (nSPS) is 14.3. The molecular formula is C22H23ClN2O3. The van der Waals surface area contributed by atoms with E-state index in [9.17, 15) is 9.59 Å². The fourth-order valence-corrected chi connectivity index (χ4v) is 3.30. The van der Waals surface area contributed by atoms with E-state index in [1.54, 1.807) is 43.5 Å². The Morgan fingerprint density at radius 1 is 1.07 bits per heavy atom. The van der Waals surface area contributed by atoms with Crippen LogP contribution < -0.4 is 10.1 Å². The zero-order valence-electron chi connectivity index (χ0n) is 16.4. The molecule has 0 bridgehead atoms. The van der Waals surface area contributed by atoms with Gasteiger partial charge in [-0.2, -0.15) is 0 Å². The number of amides is 2. The predicted octanol–water partition coefficient (Wildman–Crippen LogP) is 4.51. The van der Waals surface area contributed by atoms with Crippen LogP contribution in [0.15, 0.2) is 48.2 Å². The molecule has 0 unspecified atom stereocenters. The topological polar surface area (TPSA) is 58.6 Å². The Kier molecular flexibility index (Phi) is 5.75. The van der Waals surface area contributed by atoms with E-state index >= 15 is 0 Å². The molecule has 0 saturated heterocycles. The number of rotatable bonds is 6. The number of hydrogen-bond donors (Lipinski definition) is 1. The average molecular weight is 399 g/mol. The van der Waals surface area contributed by atoms with Crippen LogP contribution >= 0.6 is 11.6 Å². The monoisotopic (exact) mass is 398 g/mol. The number of hydrogen-bond acceptors (Lipinski definition) is 4. The highest BCUT2D eigenvalue weighted by molar-refractivity contribution is 6.36. The third kappa shape index (κ3) is 3.76. The Labute approximate surface area is 169 Å². The first kappa shape index (κ1) is 20.0. The van der Waals surface area contributed by atoms with E-state index in [2.05, 4.69) is 5.32 Å². The summed E-state index contributed by atoms with van der Waals surface area (Å²) < 4.78 is 5.20. The van der Waals surface area contributed by atoms with E-state index in [1.165, 1.54) is 4.90 Å². The number of imide groups is 1. The Balaban J connectivity index is 2.09. The van der Waals surface area contributed by atoms with Gasteiger partial charge in [-0.25, -0.2) is 0 Å². The molecule has 0 saturated carbocycles.